The molecule has 0 aromatic heterocycles. The number of hydrogen-bond acceptors (Lipinski definition) is 6. The summed E-state index contributed by atoms with van der Waals surface area (Å²) >= 11 is 0. The lowest BCUT2D eigenvalue weighted by atomic mass is 9.93. The van der Waals surface area contributed by atoms with Crippen LogP contribution in [-0.4, -0.2) is 24.5 Å². The fourth-order valence-electron chi connectivity index (χ4n) is 3.75. The van der Waals surface area contributed by atoms with E-state index in [2.05, 4.69) is 17.1 Å². The van der Waals surface area contributed by atoms with Gasteiger partial charge in [-0.3, -0.25) is 0 Å². The number of hydrogen-bond donors (Lipinski definition) is 1. The lowest BCUT2D eigenvalue weighted by Crippen LogP contribution is -2.40. The Hall–Kier alpha value is -1.63. The van der Waals surface area contributed by atoms with Gasteiger partial charge < -0.3 is 15.2 Å². The minimum absolute atomic E-state index is 0.144. The average Bonchev–Trinajstić information content (AvgIpc) is 2.56. The molecule has 1 saturated carbocycles. The predicted octanol–water partition coefficient (Wildman–Crippen LogP) is 0.506. The molecule has 6 nitrogen and oxygen atoms in total. The van der Waals surface area contributed by atoms with E-state index >= 15 is 0 Å². The highest BCUT2D eigenvalue weighted by Crippen LogP contribution is 2.85. The van der Waals surface area contributed by atoms with Gasteiger partial charge >= 0.3 is 0 Å². The molecule has 0 aromatic carbocycles. The summed E-state index contributed by atoms with van der Waals surface area (Å²) in [5, 5.41) is 19.1. The lowest BCUT2D eigenvalue weighted by Gasteiger charge is -2.28. The summed E-state index contributed by atoms with van der Waals surface area (Å²) in [7, 11) is 0. The Morgan fingerprint density at radius 2 is 2.06 bits per heavy atom. The van der Waals surface area contributed by atoms with Gasteiger partial charge in [-0.25, -0.2) is 4.99 Å². The first kappa shape index (κ1) is 11.5. The van der Waals surface area contributed by atoms with E-state index in [-0.39, 0.29) is 11.9 Å². The van der Waals surface area contributed by atoms with E-state index in [0.29, 0.717) is 6.61 Å². The fraction of sp³-hybridized carbons (Fsp3) is 0.750. The number of rotatable bonds is 0. The Kier molecular flexibility index (Phi) is 1.71. The van der Waals surface area contributed by atoms with Crippen LogP contribution in [0.2, 0.25) is 0 Å². The van der Waals surface area contributed by atoms with Crippen molar-refractivity contribution in [2.45, 2.75) is 32.8 Å². The topological polar surface area (TPSA) is 104 Å². The monoisotopic (exact) mass is 246 g/mol. The molecule has 0 unspecified atom stereocenters. The highest BCUT2D eigenvalue weighted by atomic mass is 16.8. The largest absolute Gasteiger partial charge is 0.386 e. The molecule has 1 saturated heterocycles. The summed E-state index contributed by atoms with van der Waals surface area (Å²) in [6, 6.07) is 4.39. The van der Waals surface area contributed by atoms with Gasteiger partial charge in [-0.1, -0.05) is 13.8 Å². The van der Waals surface area contributed by atoms with Crippen LogP contribution in [0.25, 0.3) is 0 Å². The molecule has 2 N–H and O–H groups in total. The van der Waals surface area contributed by atoms with Crippen molar-refractivity contribution in [2.75, 3.05) is 6.61 Å². The van der Waals surface area contributed by atoms with Crippen molar-refractivity contribution in [3.63, 3.8) is 0 Å². The number of aliphatic imine (C=N–C) groups is 1. The summed E-state index contributed by atoms with van der Waals surface area (Å²) in [5.41, 5.74) is 3.01. The smallest absolute Gasteiger partial charge is 0.293 e. The van der Waals surface area contributed by atoms with Gasteiger partial charge in [0.25, 0.3) is 5.91 Å². The second-order valence-corrected chi connectivity index (χ2v) is 5.67. The zero-order valence-corrected chi connectivity index (χ0v) is 10.5. The maximum Gasteiger partial charge on any atom is 0.293 e. The van der Waals surface area contributed by atoms with Crippen molar-refractivity contribution in [2.24, 2.45) is 27.0 Å². The van der Waals surface area contributed by atoms with E-state index < -0.39 is 22.2 Å². The van der Waals surface area contributed by atoms with Crippen LogP contribution >= 0.6 is 0 Å². The van der Waals surface area contributed by atoms with Gasteiger partial charge in [0.2, 0.25) is 0 Å². The second kappa shape index (κ2) is 2.69. The Morgan fingerprint density at radius 1 is 1.39 bits per heavy atom. The third kappa shape index (κ3) is 0.705. The summed E-state index contributed by atoms with van der Waals surface area (Å²) in [6.07, 6.45) is -0.169. The van der Waals surface area contributed by atoms with Crippen LogP contribution in [0.1, 0.15) is 20.8 Å². The maximum atomic E-state index is 9.64. The standard InChI is InChI=1S/C12H14N4O2/c1-7-4-17-12(18-7)11(6-14)9(2,3)10(11,5-13)8(15)16-12/h7H,4H2,1-3H3,(H2,15,16)/t7-,10+,11-,12+/m1/s1. The van der Waals surface area contributed by atoms with E-state index in [1.807, 2.05) is 20.8 Å². The van der Waals surface area contributed by atoms with Crippen molar-refractivity contribution >= 4 is 5.84 Å². The molecule has 94 valence electrons. The number of nitrogens with two attached hydrogens (primary N) is 1. The fourth-order valence-corrected chi connectivity index (χ4v) is 3.75. The average molecular weight is 246 g/mol. The maximum absolute atomic E-state index is 9.64. The van der Waals surface area contributed by atoms with Crippen LogP contribution in [0.5, 0.6) is 0 Å². The first-order valence-electron chi connectivity index (χ1n) is 5.85. The van der Waals surface area contributed by atoms with E-state index in [9.17, 15) is 10.5 Å². The molecule has 0 radical (unpaired) electrons. The number of fused-ring (bicyclic) bond motifs is 2. The van der Waals surface area contributed by atoms with Gasteiger partial charge in [0.05, 0.1) is 24.8 Å². The summed E-state index contributed by atoms with van der Waals surface area (Å²) in [6.45, 7) is 5.85. The Morgan fingerprint density at radius 3 is 2.44 bits per heavy atom. The number of nitriles is 2. The number of amidine groups is 1. The summed E-state index contributed by atoms with van der Waals surface area (Å²) < 4.78 is 11.4. The van der Waals surface area contributed by atoms with Crippen LogP contribution in [0.4, 0.5) is 0 Å². The molecule has 2 aliphatic heterocycles. The number of nitrogens with zero attached hydrogens (tertiary/aromatic N) is 3. The quantitative estimate of drug-likeness (QED) is 0.670. The van der Waals surface area contributed by atoms with Crippen LogP contribution < -0.4 is 5.73 Å². The van der Waals surface area contributed by atoms with E-state index in [0.717, 1.165) is 0 Å². The van der Waals surface area contributed by atoms with Crippen LogP contribution in [-0.2, 0) is 9.47 Å². The Balaban J connectivity index is 2.24. The minimum atomic E-state index is -1.41. The molecule has 2 fully saturated rings. The van der Waals surface area contributed by atoms with Gasteiger partial charge in [0, 0.05) is 5.41 Å². The highest BCUT2D eigenvalue weighted by Gasteiger charge is 2.98. The van der Waals surface area contributed by atoms with Crippen LogP contribution in [0.15, 0.2) is 4.99 Å². The molecule has 1 aliphatic carbocycles. The Labute approximate surface area is 105 Å². The first-order valence-corrected chi connectivity index (χ1v) is 5.85. The zero-order valence-electron chi connectivity index (χ0n) is 10.5. The highest BCUT2D eigenvalue weighted by molar-refractivity contribution is 5.99. The molecule has 3 rings (SSSR count). The van der Waals surface area contributed by atoms with E-state index in [1.54, 1.807) is 0 Å². The molecular formula is C12H14N4O2. The van der Waals surface area contributed by atoms with Crippen molar-refractivity contribution in [3.8, 4) is 12.1 Å². The van der Waals surface area contributed by atoms with Crippen molar-refractivity contribution < 1.29 is 9.47 Å². The molecule has 4 atom stereocenters. The molecule has 0 bridgehead atoms. The van der Waals surface area contributed by atoms with E-state index in [1.165, 1.54) is 0 Å². The molecule has 3 aliphatic rings. The van der Waals surface area contributed by atoms with E-state index in [4.69, 9.17) is 15.2 Å². The van der Waals surface area contributed by atoms with Gasteiger partial charge in [0.15, 0.2) is 5.41 Å². The predicted molar refractivity (Wildman–Crippen MR) is 60.7 cm³/mol. The first-order chi connectivity index (χ1) is 8.35. The van der Waals surface area contributed by atoms with Gasteiger partial charge in [-0.15, -0.1) is 0 Å². The SMILES string of the molecule is C[C@@H]1CO[C@]2(N=C(N)[C@@]3(C#N)C(C)(C)[C@@]23C#N)O1. The molecular weight excluding hydrogens is 232 g/mol. The van der Waals surface area contributed by atoms with Gasteiger partial charge in [0.1, 0.15) is 11.3 Å². The lowest BCUT2D eigenvalue weighted by molar-refractivity contribution is -0.199. The molecule has 6 heteroatoms. The van der Waals surface area contributed by atoms with Crippen molar-refractivity contribution in [3.05, 3.63) is 0 Å². The molecule has 0 aromatic rings. The van der Waals surface area contributed by atoms with Gasteiger partial charge in [-0.05, 0) is 6.92 Å². The minimum Gasteiger partial charge on any atom is -0.386 e. The van der Waals surface area contributed by atoms with Gasteiger partial charge in [-0.2, -0.15) is 10.5 Å². The van der Waals surface area contributed by atoms with Crippen molar-refractivity contribution in [1.82, 2.24) is 0 Å². The molecule has 2 heterocycles. The zero-order chi connectivity index (χ0) is 13.4. The van der Waals surface area contributed by atoms with Crippen LogP contribution in [0, 0.1) is 38.9 Å². The van der Waals surface area contributed by atoms with Crippen LogP contribution in [0.3, 0.4) is 0 Å². The summed E-state index contributed by atoms with van der Waals surface area (Å²) in [5.74, 6) is -1.27. The molecule has 0 amide bonds. The molecule has 1 spiro atoms. The Bertz CT molecular complexity index is 557. The third-order valence-electron chi connectivity index (χ3n) is 4.71. The molecule has 18 heavy (non-hydrogen) atoms. The summed E-state index contributed by atoms with van der Waals surface area (Å²) in [4.78, 5) is 4.19. The normalized spacial score (nSPS) is 51.4. The third-order valence-corrected chi connectivity index (χ3v) is 4.71. The number of ether oxygens (including phenoxy) is 2. The second-order valence-electron chi connectivity index (χ2n) is 5.67. The van der Waals surface area contributed by atoms with Crippen molar-refractivity contribution in [1.29, 1.82) is 10.5 Å².